The molecular weight excluding hydrogens is 410 g/mol. The van der Waals surface area contributed by atoms with Gasteiger partial charge in [-0.2, -0.15) is 0 Å². The van der Waals surface area contributed by atoms with Gasteiger partial charge in [-0.25, -0.2) is 23.7 Å². The quantitative estimate of drug-likeness (QED) is 0.628. The van der Waals surface area contributed by atoms with Crippen molar-refractivity contribution in [1.29, 1.82) is 0 Å². The van der Waals surface area contributed by atoms with Gasteiger partial charge in [-0.3, -0.25) is 4.79 Å². The van der Waals surface area contributed by atoms with Crippen LogP contribution >= 0.6 is 0 Å². The van der Waals surface area contributed by atoms with E-state index in [0.29, 0.717) is 11.4 Å². The van der Waals surface area contributed by atoms with Crippen molar-refractivity contribution in [1.82, 2.24) is 9.13 Å². The number of carbonyl (C=O) groups excluding carboxylic acids is 1. The molecule has 0 saturated heterocycles. The molecule has 0 unspecified atom stereocenters. The summed E-state index contributed by atoms with van der Waals surface area (Å²) in [7, 11) is 0. The summed E-state index contributed by atoms with van der Waals surface area (Å²) in [5.41, 5.74) is -0.501. The smallest absolute Gasteiger partial charge is 0.356 e. The van der Waals surface area contributed by atoms with Gasteiger partial charge in [-0.05, 0) is 49.4 Å². The molecule has 1 aliphatic rings. The Kier molecular flexibility index (Phi) is 5.67. The van der Waals surface area contributed by atoms with E-state index in [1.54, 1.807) is 67.6 Å². The Balaban J connectivity index is 1.96. The molecule has 32 heavy (non-hydrogen) atoms. The molecule has 8 nitrogen and oxygen atoms in total. The van der Waals surface area contributed by atoms with E-state index in [9.17, 15) is 19.5 Å². The molecule has 3 aromatic rings. The van der Waals surface area contributed by atoms with Crippen molar-refractivity contribution in [2.75, 3.05) is 6.61 Å². The predicted molar refractivity (Wildman–Crippen MR) is 120 cm³/mol. The third-order valence-electron chi connectivity index (χ3n) is 4.74. The lowest BCUT2D eigenvalue weighted by Crippen LogP contribution is -2.39. The zero-order valence-electron chi connectivity index (χ0n) is 17.1. The number of esters is 1. The molecule has 1 aliphatic heterocycles. The highest BCUT2D eigenvalue weighted by Gasteiger charge is 2.21. The van der Waals surface area contributed by atoms with E-state index >= 15 is 0 Å². The molecule has 2 heterocycles. The average molecular weight is 429 g/mol. The number of nitrogens with zero attached hydrogens (tertiary/aromatic N) is 3. The third-order valence-corrected chi connectivity index (χ3v) is 4.74. The maximum Gasteiger partial charge on any atom is 0.356 e. The summed E-state index contributed by atoms with van der Waals surface area (Å²) in [6.45, 7) is 1.89. The first-order valence-corrected chi connectivity index (χ1v) is 9.88. The van der Waals surface area contributed by atoms with Crippen molar-refractivity contribution in [2.24, 2.45) is 4.99 Å². The first-order chi connectivity index (χ1) is 15.5. The second kappa shape index (κ2) is 8.73. The topological polar surface area (TPSA) is 103 Å². The highest BCUT2D eigenvalue weighted by Crippen LogP contribution is 2.22. The van der Waals surface area contributed by atoms with Crippen LogP contribution in [0.5, 0.6) is 5.88 Å². The predicted octanol–water partition coefficient (Wildman–Crippen LogP) is 2.61. The SMILES string of the molecule is CCOC(=O)C1=NC(=Cc2c(O)n(-c3ccccc3)c(=O)n(-c3ccccc3)c2=O)C=C1. The van der Waals surface area contributed by atoms with Crippen molar-refractivity contribution < 1.29 is 14.6 Å². The van der Waals surface area contributed by atoms with Gasteiger partial charge in [0.15, 0.2) is 0 Å². The van der Waals surface area contributed by atoms with Crippen LogP contribution in [0, 0.1) is 0 Å². The van der Waals surface area contributed by atoms with Crippen molar-refractivity contribution in [3.63, 3.8) is 0 Å². The molecule has 0 atom stereocenters. The van der Waals surface area contributed by atoms with Gasteiger partial charge < -0.3 is 9.84 Å². The minimum atomic E-state index is -0.718. The van der Waals surface area contributed by atoms with Crippen LogP contribution < -0.4 is 11.2 Å². The number of allylic oxidation sites excluding steroid dienone is 1. The zero-order valence-corrected chi connectivity index (χ0v) is 17.1. The number of benzene rings is 2. The minimum absolute atomic E-state index is 0.0809. The minimum Gasteiger partial charge on any atom is -0.494 e. The highest BCUT2D eigenvalue weighted by molar-refractivity contribution is 6.42. The first kappa shape index (κ1) is 20.8. The van der Waals surface area contributed by atoms with Gasteiger partial charge in [0.05, 0.1) is 23.7 Å². The van der Waals surface area contributed by atoms with Crippen LogP contribution in [0.1, 0.15) is 12.5 Å². The van der Waals surface area contributed by atoms with E-state index in [-0.39, 0.29) is 23.6 Å². The number of aromatic nitrogens is 2. The molecule has 2 aromatic carbocycles. The largest absolute Gasteiger partial charge is 0.494 e. The fraction of sp³-hybridized carbons (Fsp3) is 0.0833. The fourth-order valence-electron chi connectivity index (χ4n) is 3.28. The first-order valence-electron chi connectivity index (χ1n) is 9.88. The molecular formula is C24H19N3O5. The number of aromatic hydroxyl groups is 1. The van der Waals surface area contributed by atoms with E-state index in [1.807, 2.05) is 0 Å². The lowest BCUT2D eigenvalue weighted by Gasteiger charge is -2.14. The van der Waals surface area contributed by atoms with Gasteiger partial charge in [0.2, 0.25) is 5.88 Å². The van der Waals surface area contributed by atoms with Gasteiger partial charge in [-0.15, -0.1) is 0 Å². The second-order valence-electron chi connectivity index (χ2n) is 6.79. The van der Waals surface area contributed by atoms with Crippen LogP contribution in [0.3, 0.4) is 0 Å². The summed E-state index contributed by atoms with van der Waals surface area (Å²) in [5, 5.41) is 10.9. The highest BCUT2D eigenvalue weighted by atomic mass is 16.5. The monoisotopic (exact) mass is 429 g/mol. The van der Waals surface area contributed by atoms with Crippen LogP contribution in [-0.2, 0) is 9.53 Å². The molecule has 8 heteroatoms. The van der Waals surface area contributed by atoms with E-state index in [1.165, 1.54) is 18.2 Å². The second-order valence-corrected chi connectivity index (χ2v) is 6.79. The van der Waals surface area contributed by atoms with Crippen molar-refractivity contribution in [3.8, 4) is 17.3 Å². The summed E-state index contributed by atoms with van der Waals surface area (Å²) in [5.74, 6) is -1.12. The number of carbonyl (C=O) groups is 1. The molecule has 0 bridgehead atoms. The average Bonchev–Trinajstić information content (AvgIpc) is 3.27. The van der Waals surface area contributed by atoms with E-state index in [2.05, 4.69) is 4.99 Å². The van der Waals surface area contributed by atoms with Crippen molar-refractivity contribution in [2.45, 2.75) is 6.92 Å². The summed E-state index contributed by atoms with van der Waals surface area (Å²) < 4.78 is 6.96. The van der Waals surface area contributed by atoms with E-state index < -0.39 is 23.1 Å². The van der Waals surface area contributed by atoms with Crippen LogP contribution in [-0.4, -0.2) is 32.5 Å². The Morgan fingerprint density at radius 1 is 0.969 bits per heavy atom. The van der Waals surface area contributed by atoms with Crippen molar-refractivity contribution in [3.05, 3.63) is 105 Å². The molecule has 1 aromatic heterocycles. The Morgan fingerprint density at radius 3 is 2.16 bits per heavy atom. The standard InChI is InChI=1S/C24H19N3O5/c1-2-32-23(30)20-14-13-16(25-20)15-19-21(28)26(17-9-5-3-6-10-17)24(31)27(22(19)29)18-11-7-4-8-12-18/h3-15,28H,2H2,1H3. The summed E-state index contributed by atoms with van der Waals surface area (Å²) in [4.78, 5) is 42.6. The number of hydrogen-bond acceptors (Lipinski definition) is 6. The molecule has 0 spiro atoms. The number of para-hydroxylation sites is 2. The van der Waals surface area contributed by atoms with Crippen molar-refractivity contribution >= 4 is 17.8 Å². The van der Waals surface area contributed by atoms with Gasteiger partial charge in [0, 0.05) is 0 Å². The molecule has 0 saturated carbocycles. The Hall–Kier alpha value is -4.46. The number of rotatable bonds is 5. The van der Waals surface area contributed by atoms with Crippen LogP contribution in [0.2, 0.25) is 0 Å². The van der Waals surface area contributed by atoms with Gasteiger partial charge >= 0.3 is 11.7 Å². The summed E-state index contributed by atoms with van der Waals surface area (Å²) in [6, 6.07) is 16.9. The molecule has 0 fully saturated rings. The van der Waals surface area contributed by atoms with Gasteiger partial charge in [-0.1, -0.05) is 36.4 Å². The molecule has 160 valence electrons. The van der Waals surface area contributed by atoms with E-state index in [0.717, 1.165) is 9.13 Å². The maximum absolute atomic E-state index is 13.3. The Labute approximate surface area is 182 Å². The lowest BCUT2D eigenvalue weighted by atomic mass is 10.2. The van der Waals surface area contributed by atoms with Crippen LogP contribution in [0.25, 0.3) is 17.5 Å². The zero-order chi connectivity index (χ0) is 22.7. The van der Waals surface area contributed by atoms with Gasteiger partial charge in [0.25, 0.3) is 5.56 Å². The van der Waals surface area contributed by atoms with E-state index in [4.69, 9.17) is 4.74 Å². The molecule has 0 radical (unpaired) electrons. The number of hydrogen-bond donors (Lipinski definition) is 1. The van der Waals surface area contributed by atoms with Gasteiger partial charge in [0.1, 0.15) is 11.3 Å². The number of aliphatic imine (C=N–C) groups is 1. The fourth-order valence-corrected chi connectivity index (χ4v) is 3.28. The Bertz CT molecular complexity index is 1380. The Morgan fingerprint density at radius 2 is 1.56 bits per heavy atom. The summed E-state index contributed by atoms with van der Waals surface area (Å²) >= 11 is 0. The third kappa shape index (κ3) is 3.81. The maximum atomic E-state index is 13.3. The molecule has 0 amide bonds. The molecule has 1 N–H and O–H groups in total. The number of ether oxygens (including phenoxy) is 1. The normalized spacial score (nSPS) is 13.9. The summed E-state index contributed by atoms with van der Waals surface area (Å²) in [6.07, 6.45) is 4.32. The lowest BCUT2D eigenvalue weighted by molar-refractivity contribution is -0.134. The van der Waals surface area contributed by atoms with Crippen LogP contribution in [0.4, 0.5) is 0 Å². The molecule has 4 rings (SSSR count). The molecule has 0 aliphatic carbocycles. The van der Waals surface area contributed by atoms with Crippen LogP contribution in [0.15, 0.2) is 93.1 Å².